The lowest BCUT2D eigenvalue weighted by Gasteiger charge is -2.11. The van der Waals surface area contributed by atoms with E-state index in [1.54, 1.807) is 78.9 Å². The van der Waals surface area contributed by atoms with Gasteiger partial charge in [-0.15, -0.1) is 0 Å². The van der Waals surface area contributed by atoms with Gasteiger partial charge >= 0.3 is 17.9 Å². The molecule has 0 bridgehead atoms. The van der Waals surface area contributed by atoms with Crippen molar-refractivity contribution in [3.8, 4) is 23.0 Å². The topological polar surface area (TPSA) is 97.4 Å². The van der Waals surface area contributed by atoms with Crippen molar-refractivity contribution < 1.29 is 38.1 Å². The Morgan fingerprint density at radius 2 is 1.36 bits per heavy atom. The second kappa shape index (κ2) is 15.0. The summed E-state index contributed by atoms with van der Waals surface area (Å²) in [5.41, 5.74) is 0.760. The van der Waals surface area contributed by atoms with Crippen LogP contribution in [0, 0.1) is 3.57 Å². The second-order valence-corrected chi connectivity index (χ2v) is 10.1. The minimum absolute atomic E-state index is 0.231. The molecule has 4 rings (SSSR count). The number of benzene rings is 4. The third kappa shape index (κ3) is 8.32. The molecule has 0 fully saturated rings. The van der Waals surface area contributed by atoms with Crippen LogP contribution in [0.3, 0.4) is 0 Å². The van der Waals surface area contributed by atoms with Crippen LogP contribution in [0.4, 0.5) is 0 Å². The summed E-state index contributed by atoms with van der Waals surface area (Å²) in [4.78, 5) is 36.6. The highest BCUT2D eigenvalue weighted by Crippen LogP contribution is 2.31. The van der Waals surface area contributed by atoms with Crippen LogP contribution in [-0.4, -0.2) is 37.7 Å². The molecule has 0 aliphatic carbocycles. The van der Waals surface area contributed by atoms with E-state index in [0.29, 0.717) is 48.0 Å². The Balaban J connectivity index is 1.35. The third-order valence-corrected chi connectivity index (χ3v) is 7.04. The molecule has 0 unspecified atom stereocenters. The van der Waals surface area contributed by atoms with E-state index < -0.39 is 17.9 Å². The number of esters is 3. The van der Waals surface area contributed by atoms with Crippen molar-refractivity contribution in [1.29, 1.82) is 0 Å². The Morgan fingerprint density at radius 3 is 2.05 bits per heavy atom. The zero-order chi connectivity index (χ0) is 29.9. The third-order valence-electron chi connectivity index (χ3n) is 5.92. The predicted octanol–water partition coefficient (Wildman–Crippen LogP) is 7.17. The monoisotopic (exact) mass is 680 g/mol. The predicted molar refractivity (Wildman–Crippen MR) is 167 cm³/mol. The van der Waals surface area contributed by atoms with Gasteiger partial charge in [0.05, 0.1) is 34.5 Å². The first-order valence-electron chi connectivity index (χ1n) is 13.3. The summed E-state index contributed by atoms with van der Waals surface area (Å²) in [7, 11) is 0. The lowest BCUT2D eigenvalue weighted by atomic mass is 10.1. The fourth-order valence-electron chi connectivity index (χ4n) is 3.79. The highest BCUT2D eigenvalue weighted by Gasteiger charge is 2.15. The lowest BCUT2D eigenvalue weighted by Crippen LogP contribution is -2.10. The first kappa shape index (κ1) is 30.6. The minimum atomic E-state index is -0.513. The van der Waals surface area contributed by atoms with E-state index in [2.05, 4.69) is 29.2 Å². The summed E-state index contributed by atoms with van der Waals surface area (Å²) >= 11 is 2.12. The van der Waals surface area contributed by atoms with Gasteiger partial charge in [0.2, 0.25) is 0 Å². The lowest BCUT2D eigenvalue weighted by molar-refractivity contribution is -0.137. The van der Waals surface area contributed by atoms with Crippen molar-refractivity contribution in [2.24, 2.45) is 0 Å². The molecule has 0 saturated heterocycles. The molecule has 0 aliphatic rings. The molecule has 4 aromatic carbocycles. The molecule has 0 amide bonds. The van der Waals surface area contributed by atoms with Gasteiger partial charge in [0.1, 0.15) is 23.0 Å². The van der Waals surface area contributed by atoms with Gasteiger partial charge in [0.25, 0.3) is 0 Å². The fourth-order valence-corrected chi connectivity index (χ4v) is 4.58. The van der Waals surface area contributed by atoms with Gasteiger partial charge in [-0.25, -0.2) is 14.4 Å². The van der Waals surface area contributed by atoms with Gasteiger partial charge in [0.15, 0.2) is 0 Å². The summed E-state index contributed by atoms with van der Waals surface area (Å²) in [6.45, 7) is 6.58. The van der Waals surface area contributed by atoms with Crippen molar-refractivity contribution in [3.63, 3.8) is 0 Å². The van der Waals surface area contributed by atoms with Crippen molar-refractivity contribution in [2.75, 3.05) is 19.8 Å². The molecule has 42 heavy (non-hydrogen) atoms. The molecule has 9 heteroatoms. The molecule has 0 spiro atoms. The van der Waals surface area contributed by atoms with Crippen LogP contribution < -0.4 is 18.9 Å². The normalized spacial score (nSPS) is 10.5. The maximum atomic E-state index is 12.8. The summed E-state index contributed by atoms with van der Waals surface area (Å²) in [5.74, 6) is 0.663. The van der Waals surface area contributed by atoms with Crippen LogP contribution in [0.2, 0.25) is 0 Å². The maximum Gasteiger partial charge on any atom is 0.343 e. The van der Waals surface area contributed by atoms with Crippen molar-refractivity contribution in [2.45, 2.75) is 19.8 Å². The van der Waals surface area contributed by atoms with E-state index in [1.807, 2.05) is 6.92 Å². The van der Waals surface area contributed by atoms with Crippen LogP contribution in [-0.2, 0) is 9.53 Å². The Labute approximate surface area is 257 Å². The van der Waals surface area contributed by atoms with Crippen LogP contribution in [0.1, 0.15) is 40.5 Å². The molecule has 0 atom stereocenters. The molecule has 0 heterocycles. The number of halogens is 1. The second-order valence-electron chi connectivity index (χ2n) is 9.01. The number of carbonyl (C=O) groups excluding carboxylic acids is 3. The van der Waals surface area contributed by atoms with Gasteiger partial charge < -0.3 is 23.7 Å². The number of ether oxygens (including phenoxy) is 5. The molecule has 8 nitrogen and oxygen atoms in total. The number of rotatable bonds is 13. The standard InChI is InChI=1S/C33H29IO8/c1-3-18-38-26-12-14-27(15-13-26)41-33(37)24-8-16-28-23(21-24)9-17-29(31(28)34)42-32(36)22-6-10-25(11-7-22)39-19-5-20-40-30(35)4-2/h4,6-17,21H,2-3,5,18-20H2,1H3. The zero-order valence-corrected chi connectivity index (χ0v) is 25.1. The Morgan fingerprint density at radius 1 is 0.738 bits per heavy atom. The highest BCUT2D eigenvalue weighted by molar-refractivity contribution is 14.1. The van der Waals surface area contributed by atoms with Gasteiger partial charge in [-0.1, -0.05) is 25.6 Å². The number of hydrogen-bond donors (Lipinski definition) is 0. The summed E-state index contributed by atoms with van der Waals surface area (Å²) in [6, 6.07) is 22.2. The van der Waals surface area contributed by atoms with Crippen molar-refractivity contribution in [3.05, 3.63) is 106 Å². The number of carbonyl (C=O) groups is 3. The van der Waals surface area contributed by atoms with E-state index in [1.165, 1.54) is 0 Å². The molecule has 0 aliphatic heterocycles. The van der Waals surface area contributed by atoms with E-state index in [-0.39, 0.29) is 6.61 Å². The van der Waals surface area contributed by atoms with E-state index >= 15 is 0 Å². The largest absolute Gasteiger partial charge is 0.494 e. The zero-order valence-electron chi connectivity index (χ0n) is 23.0. The number of hydrogen-bond acceptors (Lipinski definition) is 8. The van der Waals surface area contributed by atoms with Gasteiger partial charge in [-0.05, 0) is 107 Å². The van der Waals surface area contributed by atoms with Gasteiger partial charge in [-0.3, -0.25) is 0 Å². The van der Waals surface area contributed by atoms with Crippen molar-refractivity contribution >= 4 is 51.3 Å². The van der Waals surface area contributed by atoms with Crippen LogP contribution in [0.5, 0.6) is 23.0 Å². The molecular formula is C33H29IO8. The van der Waals surface area contributed by atoms with E-state index in [0.717, 1.165) is 32.6 Å². The van der Waals surface area contributed by atoms with Gasteiger partial charge in [-0.2, -0.15) is 0 Å². The maximum absolute atomic E-state index is 12.8. The summed E-state index contributed by atoms with van der Waals surface area (Å²) in [5, 5.41) is 1.63. The molecule has 0 aromatic heterocycles. The van der Waals surface area contributed by atoms with E-state index in [4.69, 9.17) is 23.7 Å². The average Bonchev–Trinajstić information content (AvgIpc) is 3.01. The summed E-state index contributed by atoms with van der Waals surface area (Å²) in [6.07, 6.45) is 2.54. The fraction of sp³-hybridized carbons (Fsp3) is 0.182. The highest BCUT2D eigenvalue weighted by atomic mass is 127. The van der Waals surface area contributed by atoms with Crippen molar-refractivity contribution in [1.82, 2.24) is 0 Å². The van der Waals surface area contributed by atoms with Gasteiger partial charge in [0, 0.05) is 12.5 Å². The Bertz CT molecular complexity index is 1560. The Hall–Kier alpha value is -4.38. The summed E-state index contributed by atoms with van der Waals surface area (Å²) < 4.78 is 28.0. The van der Waals surface area contributed by atoms with Crippen LogP contribution in [0.25, 0.3) is 10.8 Å². The molecule has 4 aromatic rings. The van der Waals surface area contributed by atoms with Crippen LogP contribution >= 0.6 is 22.6 Å². The average molecular weight is 680 g/mol. The first-order chi connectivity index (χ1) is 20.4. The Kier molecular flexibility index (Phi) is 10.9. The minimum Gasteiger partial charge on any atom is -0.494 e. The molecule has 0 saturated carbocycles. The molecule has 216 valence electrons. The first-order valence-corrected chi connectivity index (χ1v) is 14.4. The van der Waals surface area contributed by atoms with Crippen LogP contribution in [0.15, 0.2) is 91.5 Å². The number of fused-ring (bicyclic) bond motifs is 1. The SMILES string of the molecule is C=CC(=O)OCCCOc1ccc(C(=O)Oc2ccc3cc(C(=O)Oc4ccc(OCCC)cc4)ccc3c2I)cc1. The molecule has 0 radical (unpaired) electrons. The smallest absolute Gasteiger partial charge is 0.343 e. The molecular weight excluding hydrogens is 651 g/mol. The quantitative estimate of drug-likeness (QED) is 0.0482. The van der Waals surface area contributed by atoms with E-state index in [9.17, 15) is 14.4 Å². The molecule has 0 N–H and O–H groups in total.